The van der Waals surface area contributed by atoms with Crippen molar-refractivity contribution in [2.75, 3.05) is 33.0 Å². The van der Waals surface area contributed by atoms with Crippen LogP contribution in [-0.2, 0) is 4.79 Å². The predicted molar refractivity (Wildman–Crippen MR) is 108 cm³/mol. The topological polar surface area (TPSA) is 112 Å². The fourth-order valence-corrected chi connectivity index (χ4v) is 2.93. The molecule has 0 aliphatic rings. The maximum atomic E-state index is 11.2. The van der Waals surface area contributed by atoms with E-state index in [9.17, 15) is 4.79 Å². The molecular weight excluding hydrogens is 366 g/mol. The highest BCUT2D eigenvalue weighted by molar-refractivity contribution is 8.13. The first-order valence-electron chi connectivity index (χ1n) is 8.25. The second-order valence-corrected chi connectivity index (χ2v) is 6.67. The Labute approximate surface area is 161 Å². The molecule has 0 fully saturated rings. The summed E-state index contributed by atoms with van der Waals surface area (Å²) in [4.78, 5) is 21.8. The predicted octanol–water partition coefficient (Wildman–Crippen LogP) is 2.55. The highest BCUT2D eigenvalue weighted by Gasteiger charge is 2.11. The number of fused-ring (bicyclic) bond motifs is 1. The van der Waals surface area contributed by atoms with Crippen molar-refractivity contribution in [2.24, 2.45) is 20.4 Å². The lowest BCUT2D eigenvalue weighted by atomic mass is 10.3. The number of carbonyl (C=O) groups excluding carboxylic acids is 1. The molecule has 2 rings (SSSR count). The lowest BCUT2D eigenvalue weighted by Gasteiger charge is -2.19. The van der Waals surface area contributed by atoms with Gasteiger partial charge in [-0.3, -0.25) is 9.79 Å². The Hall–Kier alpha value is -2.82. The zero-order chi connectivity index (χ0) is 19.8. The molecule has 11 heteroatoms. The highest BCUT2D eigenvalue weighted by Crippen LogP contribution is 2.20. The van der Waals surface area contributed by atoms with Crippen LogP contribution in [0.15, 0.2) is 43.8 Å². The largest absolute Gasteiger partial charge is 0.354 e. The van der Waals surface area contributed by atoms with E-state index >= 15 is 0 Å². The van der Waals surface area contributed by atoms with Crippen molar-refractivity contribution in [3.8, 4) is 0 Å². The van der Waals surface area contributed by atoms with Crippen LogP contribution >= 0.6 is 11.8 Å². The van der Waals surface area contributed by atoms with E-state index in [0.717, 1.165) is 28.9 Å². The summed E-state index contributed by atoms with van der Waals surface area (Å²) in [6.07, 6.45) is 2.43. The van der Waals surface area contributed by atoms with Crippen molar-refractivity contribution in [2.45, 2.75) is 25.3 Å². The first-order valence-corrected chi connectivity index (χ1v) is 9.06. The van der Waals surface area contributed by atoms with Crippen LogP contribution < -0.4 is 5.32 Å². The van der Waals surface area contributed by atoms with Crippen LogP contribution in [0.4, 0.5) is 5.82 Å². The number of nitrogens with zero attached hydrogens (tertiary/aromatic N) is 8. The number of aliphatic imine (C=N–C) groups is 1. The van der Waals surface area contributed by atoms with E-state index in [1.54, 1.807) is 24.8 Å². The standard InChI is InChI=1S/C16H23N9OS/c1-11(21-23-18-4)8-9-24(5)16(17-3)27-15-7-6-14-20-13(19-12(2)26)10-25(14)22-15/h6-7,10H,8-9H2,1-5H3,(H,19,26)/b17-16?,21-11-,23-18?. The molecule has 2 heterocycles. The van der Waals surface area contributed by atoms with Gasteiger partial charge in [0.1, 0.15) is 5.03 Å². The lowest BCUT2D eigenvalue weighted by Crippen LogP contribution is -2.26. The van der Waals surface area contributed by atoms with E-state index < -0.39 is 0 Å². The van der Waals surface area contributed by atoms with Gasteiger partial charge in [-0.1, -0.05) is 5.22 Å². The number of thioether (sulfide) groups is 1. The number of nitrogens with one attached hydrogen (secondary N) is 1. The number of anilines is 1. The number of carbonyl (C=O) groups is 1. The summed E-state index contributed by atoms with van der Waals surface area (Å²) in [5.74, 6) is 0.298. The van der Waals surface area contributed by atoms with E-state index in [-0.39, 0.29) is 5.91 Å². The molecule has 0 radical (unpaired) electrons. The highest BCUT2D eigenvalue weighted by atomic mass is 32.2. The molecule has 0 bridgehead atoms. The van der Waals surface area contributed by atoms with Gasteiger partial charge in [-0.25, -0.2) is 9.50 Å². The SMILES string of the molecule is CN=N/N=C(/C)CCN(C)C(=NC)Sc1ccc2nc(NC(C)=O)cn2n1. The van der Waals surface area contributed by atoms with Crippen molar-refractivity contribution in [1.29, 1.82) is 0 Å². The van der Waals surface area contributed by atoms with E-state index in [0.29, 0.717) is 11.5 Å². The number of hydrogen-bond donors (Lipinski definition) is 1. The van der Waals surface area contributed by atoms with Crippen LogP contribution in [0.1, 0.15) is 20.3 Å². The number of imidazole rings is 1. The molecule has 0 unspecified atom stereocenters. The van der Waals surface area contributed by atoms with Gasteiger partial charge in [0.2, 0.25) is 5.91 Å². The maximum absolute atomic E-state index is 11.2. The van der Waals surface area contributed by atoms with Gasteiger partial charge in [-0.15, -0.1) is 5.10 Å². The first-order chi connectivity index (χ1) is 12.9. The Kier molecular flexibility index (Phi) is 7.41. The van der Waals surface area contributed by atoms with Crippen LogP contribution in [-0.4, -0.2) is 64.0 Å². The summed E-state index contributed by atoms with van der Waals surface area (Å²) < 4.78 is 1.63. The number of hydrogen-bond acceptors (Lipinski definition) is 7. The third-order valence-corrected chi connectivity index (χ3v) is 4.53. The maximum Gasteiger partial charge on any atom is 0.222 e. The average Bonchev–Trinajstić information content (AvgIpc) is 3.02. The molecule has 2 aromatic rings. The van der Waals surface area contributed by atoms with Gasteiger partial charge in [-0.05, 0) is 30.8 Å². The molecule has 0 aliphatic carbocycles. The Morgan fingerprint density at radius 3 is 2.78 bits per heavy atom. The van der Waals surface area contributed by atoms with Gasteiger partial charge >= 0.3 is 0 Å². The molecule has 0 aromatic carbocycles. The minimum absolute atomic E-state index is 0.172. The second-order valence-electron chi connectivity index (χ2n) is 5.69. The van der Waals surface area contributed by atoms with Gasteiger partial charge in [0.15, 0.2) is 16.6 Å². The molecule has 2 aromatic heterocycles. The Morgan fingerprint density at radius 2 is 2.11 bits per heavy atom. The third kappa shape index (κ3) is 6.13. The lowest BCUT2D eigenvalue weighted by molar-refractivity contribution is -0.114. The first kappa shape index (κ1) is 20.5. The quantitative estimate of drug-likeness (QED) is 0.268. The molecule has 1 N–H and O–H groups in total. The van der Waals surface area contributed by atoms with Crippen molar-refractivity contribution in [1.82, 2.24) is 19.5 Å². The normalized spacial score (nSPS) is 12.8. The van der Waals surface area contributed by atoms with Crippen molar-refractivity contribution in [3.63, 3.8) is 0 Å². The molecule has 1 amide bonds. The van der Waals surface area contributed by atoms with Gasteiger partial charge in [0.05, 0.1) is 13.2 Å². The Bertz CT molecular complexity index is 887. The van der Waals surface area contributed by atoms with Crippen LogP contribution in [0.5, 0.6) is 0 Å². The smallest absolute Gasteiger partial charge is 0.222 e. The monoisotopic (exact) mass is 389 g/mol. The molecule has 0 saturated carbocycles. The Balaban J connectivity index is 2.05. The van der Waals surface area contributed by atoms with Crippen LogP contribution in [0, 0.1) is 0 Å². The summed E-state index contributed by atoms with van der Waals surface area (Å²) in [5.41, 5.74) is 1.56. The van der Waals surface area contributed by atoms with Gasteiger partial charge in [0, 0.05) is 39.7 Å². The minimum Gasteiger partial charge on any atom is -0.354 e. The summed E-state index contributed by atoms with van der Waals surface area (Å²) in [7, 11) is 5.30. The van der Waals surface area contributed by atoms with Crippen molar-refractivity contribution in [3.05, 3.63) is 18.3 Å². The van der Waals surface area contributed by atoms with E-state index in [4.69, 9.17) is 0 Å². The fourth-order valence-electron chi connectivity index (χ4n) is 2.14. The minimum atomic E-state index is -0.172. The molecule has 10 nitrogen and oxygen atoms in total. The molecule has 0 aliphatic heterocycles. The summed E-state index contributed by atoms with van der Waals surface area (Å²) in [5, 5.41) is 20.0. The van der Waals surface area contributed by atoms with Crippen LogP contribution in [0.2, 0.25) is 0 Å². The summed E-state index contributed by atoms with van der Waals surface area (Å²) >= 11 is 1.45. The molecule has 0 atom stereocenters. The molecule has 0 spiro atoms. The van der Waals surface area contributed by atoms with Crippen molar-refractivity contribution >= 4 is 40.0 Å². The van der Waals surface area contributed by atoms with E-state index in [1.807, 2.05) is 31.0 Å². The van der Waals surface area contributed by atoms with Gasteiger partial charge < -0.3 is 10.2 Å². The van der Waals surface area contributed by atoms with Crippen LogP contribution in [0.25, 0.3) is 5.65 Å². The number of amidine groups is 1. The molecule has 144 valence electrons. The van der Waals surface area contributed by atoms with E-state index in [1.165, 1.54) is 18.7 Å². The second kappa shape index (κ2) is 9.76. The van der Waals surface area contributed by atoms with Crippen molar-refractivity contribution < 1.29 is 4.79 Å². The number of amides is 1. The van der Waals surface area contributed by atoms with E-state index in [2.05, 4.69) is 35.8 Å². The number of aromatic nitrogens is 3. The summed E-state index contributed by atoms with van der Waals surface area (Å²) in [6, 6.07) is 3.72. The zero-order valence-corrected chi connectivity index (χ0v) is 16.9. The zero-order valence-electron chi connectivity index (χ0n) is 16.0. The third-order valence-electron chi connectivity index (χ3n) is 3.43. The van der Waals surface area contributed by atoms with Gasteiger partial charge in [-0.2, -0.15) is 10.2 Å². The Morgan fingerprint density at radius 1 is 1.33 bits per heavy atom. The summed E-state index contributed by atoms with van der Waals surface area (Å²) in [6.45, 7) is 4.10. The molecule has 27 heavy (non-hydrogen) atoms. The van der Waals surface area contributed by atoms with Gasteiger partial charge in [0.25, 0.3) is 0 Å². The molecular formula is C16H23N9OS. The average molecular weight is 389 g/mol. The number of rotatable bonds is 6. The van der Waals surface area contributed by atoms with Crippen LogP contribution in [0.3, 0.4) is 0 Å². The fraction of sp³-hybridized carbons (Fsp3) is 0.438. The molecule has 0 saturated heterocycles.